The van der Waals surface area contributed by atoms with Crippen molar-refractivity contribution in [1.29, 1.82) is 0 Å². The van der Waals surface area contributed by atoms with Gasteiger partial charge in [-0.2, -0.15) is 0 Å². The summed E-state index contributed by atoms with van der Waals surface area (Å²) < 4.78 is 5.87. The summed E-state index contributed by atoms with van der Waals surface area (Å²) in [7, 11) is 0. The number of phenols is 1. The largest absolute Gasteiger partial charge is 0.508 e. The first-order valence-electron chi connectivity index (χ1n) is 8.61. The number of aryl methyl sites for hydroxylation is 2. The minimum atomic E-state index is -1.17. The molecule has 1 aliphatic heterocycles. The first-order chi connectivity index (χ1) is 13.7. The Morgan fingerprint density at radius 1 is 0.931 bits per heavy atom. The van der Waals surface area contributed by atoms with Crippen LogP contribution in [-0.2, 0) is 0 Å². The number of aromatic carboxylic acids is 1. The molecule has 5 nitrogen and oxygen atoms in total. The third-order valence-corrected chi connectivity index (χ3v) is 5.62. The number of carboxylic acid groups (broad SMARTS) is 1. The van der Waals surface area contributed by atoms with Gasteiger partial charge in [-0.25, -0.2) is 4.79 Å². The number of phenolic OH excluding ortho intramolecular Hbond substituents is 1. The predicted molar refractivity (Wildman–Crippen MR) is 113 cm³/mol. The molecule has 0 aromatic heterocycles. The summed E-state index contributed by atoms with van der Waals surface area (Å²) in [4.78, 5) is 24.1. The molecule has 1 aliphatic carbocycles. The number of aromatic hydroxyl groups is 1. The van der Waals surface area contributed by atoms with E-state index in [-0.39, 0.29) is 32.5 Å². The summed E-state index contributed by atoms with van der Waals surface area (Å²) in [6, 6.07) is 8.94. The minimum Gasteiger partial charge on any atom is -0.508 e. The minimum absolute atomic E-state index is 0.0219. The number of rotatable bonds is 2. The fourth-order valence-electron chi connectivity index (χ4n) is 3.39. The van der Waals surface area contributed by atoms with Crippen LogP contribution in [0.1, 0.15) is 21.5 Å². The topological polar surface area (TPSA) is 87.7 Å². The Bertz CT molecular complexity index is 1350. The molecule has 1 heterocycles. The number of fused-ring (bicyclic) bond motifs is 2. The summed E-state index contributed by atoms with van der Waals surface area (Å²) in [5, 5.41) is 20.8. The monoisotopic (exact) mass is 428 g/mol. The second-order valence-corrected chi connectivity index (χ2v) is 7.66. The molecule has 0 saturated carbocycles. The van der Waals surface area contributed by atoms with Gasteiger partial charge in [0.05, 0.1) is 15.6 Å². The van der Waals surface area contributed by atoms with Crippen molar-refractivity contribution in [2.75, 3.05) is 0 Å². The van der Waals surface area contributed by atoms with Crippen LogP contribution in [0.25, 0.3) is 33.4 Å². The summed E-state index contributed by atoms with van der Waals surface area (Å²) in [5.41, 5.74) is 2.55. The zero-order valence-corrected chi connectivity index (χ0v) is 16.9. The molecule has 2 aromatic rings. The van der Waals surface area contributed by atoms with Gasteiger partial charge >= 0.3 is 5.97 Å². The zero-order chi connectivity index (χ0) is 21.0. The van der Waals surface area contributed by atoms with E-state index in [1.54, 1.807) is 26.0 Å². The standard InChI is InChI=1S/C22H14Cl2O5/c1-9-3-13-19(7-17(9)25)29-20-8-18(26)10(2)4-14(20)21(13)11-5-15(23)16(24)6-12(11)22(27)28/h3-8,25H,1-2H3,(H,27,28). The number of hydrogen-bond acceptors (Lipinski definition) is 4. The molecule has 0 amide bonds. The van der Waals surface area contributed by atoms with Gasteiger partial charge < -0.3 is 14.6 Å². The van der Waals surface area contributed by atoms with Gasteiger partial charge in [-0.05, 0) is 54.8 Å². The van der Waals surface area contributed by atoms with Crippen LogP contribution in [0.4, 0.5) is 0 Å². The molecule has 4 rings (SSSR count). The molecular formula is C22H14Cl2O5. The molecule has 0 bridgehead atoms. The van der Waals surface area contributed by atoms with E-state index >= 15 is 0 Å². The smallest absolute Gasteiger partial charge is 0.336 e. The second kappa shape index (κ2) is 6.79. The zero-order valence-electron chi connectivity index (χ0n) is 15.3. The van der Waals surface area contributed by atoms with Crippen molar-refractivity contribution in [2.45, 2.75) is 13.8 Å². The highest BCUT2D eigenvalue weighted by Gasteiger charge is 2.24. The molecule has 0 spiro atoms. The van der Waals surface area contributed by atoms with Crippen molar-refractivity contribution in [3.8, 4) is 28.2 Å². The molecule has 2 aliphatic rings. The van der Waals surface area contributed by atoms with Gasteiger partial charge in [0.1, 0.15) is 17.1 Å². The third kappa shape index (κ3) is 3.12. The number of halogens is 2. The molecule has 0 fully saturated rings. The molecule has 2 N–H and O–H groups in total. The van der Waals surface area contributed by atoms with Gasteiger partial charge in [0, 0.05) is 28.6 Å². The highest BCUT2D eigenvalue weighted by molar-refractivity contribution is 6.42. The number of carbonyl (C=O) groups is 1. The van der Waals surface area contributed by atoms with E-state index in [0.717, 1.165) is 0 Å². The molecule has 29 heavy (non-hydrogen) atoms. The van der Waals surface area contributed by atoms with Crippen molar-refractivity contribution in [3.63, 3.8) is 0 Å². The fourth-order valence-corrected chi connectivity index (χ4v) is 3.72. The first kappa shape index (κ1) is 19.3. The van der Waals surface area contributed by atoms with E-state index < -0.39 is 5.97 Å². The third-order valence-electron chi connectivity index (χ3n) is 4.89. The Morgan fingerprint density at radius 3 is 2.31 bits per heavy atom. The Kier molecular flexibility index (Phi) is 4.52. The van der Waals surface area contributed by atoms with Crippen LogP contribution in [-0.4, -0.2) is 16.2 Å². The maximum absolute atomic E-state index is 12.2. The summed E-state index contributed by atoms with van der Waals surface area (Å²) in [6.45, 7) is 3.40. The fraction of sp³-hybridized carbons (Fsp3) is 0.0909. The first-order valence-corrected chi connectivity index (χ1v) is 9.36. The van der Waals surface area contributed by atoms with Gasteiger partial charge in [0.2, 0.25) is 0 Å². The SMILES string of the molecule is Cc1cc2c(-c3cc(Cl)c(Cl)cc3C(=O)O)c3cc(C)c(=O)cc-3oc2cc1O. The van der Waals surface area contributed by atoms with Gasteiger partial charge in [0.25, 0.3) is 0 Å². The number of carboxylic acids is 1. The van der Waals surface area contributed by atoms with Crippen LogP contribution in [0.15, 0.2) is 45.6 Å². The number of hydrogen-bond donors (Lipinski definition) is 2. The van der Waals surface area contributed by atoms with Gasteiger partial charge in [-0.1, -0.05) is 23.2 Å². The molecular weight excluding hydrogens is 415 g/mol. The van der Waals surface area contributed by atoms with Crippen molar-refractivity contribution in [2.24, 2.45) is 0 Å². The quantitative estimate of drug-likeness (QED) is 0.388. The van der Waals surface area contributed by atoms with E-state index in [0.29, 0.717) is 38.8 Å². The lowest BCUT2D eigenvalue weighted by Crippen LogP contribution is -2.07. The lowest BCUT2D eigenvalue weighted by Gasteiger charge is -2.18. The van der Waals surface area contributed by atoms with E-state index in [1.807, 2.05) is 0 Å². The van der Waals surface area contributed by atoms with Gasteiger partial charge in [-0.3, -0.25) is 4.79 Å². The van der Waals surface area contributed by atoms with Crippen molar-refractivity contribution in [1.82, 2.24) is 0 Å². The molecule has 2 aromatic carbocycles. The Hall–Kier alpha value is -3.02. The number of benzene rings is 3. The Morgan fingerprint density at radius 2 is 1.62 bits per heavy atom. The van der Waals surface area contributed by atoms with Crippen LogP contribution in [0, 0.1) is 13.8 Å². The molecule has 7 heteroatoms. The van der Waals surface area contributed by atoms with Crippen LogP contribution in [0.5, 0.6) is 5.75 Å². The average molecular weight is 429 g/mol. The molecule has 0 unspecified atom stereocenters. The van der Waals surface area contributed by atoms with Crippen molar-refractivity contribution < 1.29 is 19.4 Å². The summed E-state index contributed by atoms with van der Waals surface area (Å²) >= 11 is 12.3. The molecule has 0 radical (unpaired) electrons. The summed E-state index contributed by atoms with van der Waals surface area (Å²) in [6.07, 6.45) is 0. The average Bonchev–Trinajstić information content (AvgIpc) is 2.64. The highest BCUT2D eigenvalue weighted by atomic mass is 35.5. The summed E-state index contributed by atoms with van der Waals surface area (Å²) in [5.74, 6) is -0.879. The Labute approximate surface area is 175 Å². The molecule has 0 atom stereocenters. The lowest BCUT2D eigenvalue weighted by molar-refractivity contribution is 0.0697. The molecule has 146 valence electrons. The highest BCUT2D eigenvalue weighted by Crippen LogP contribution is 2.44. The second-order valence-electron chi connectivity index (χ2n) is 6.84. The van der Waals surface area contributed by atoms with Gasteiger partial charge in [0.15, 0.2) is 5.43 Å². The van der Waals surface area contributed by atoms with Crippen molar-refractivity contribution in [3.05, 3.63) is 73.4 Å². The predicted octanol–water partition coefficient (Wildman–Crippen LogP) is 5.89. The van der Waals surface area contributed by atoms with Gasteiger partial charge in [-0.15, -0.1) is 0 Å². The van der Waals surface area contributed by atoms with Crippen LogP contribution in [0.3, 0.4) is 0 Å². The van der Waals surface area contributed by atoms with Crippen molar-refractivity contribution >= 4 is 40.1 Å². The maximum Gasteiger partial charge on any atom is 0.336 e. The van der Waals surface area contributed by atoms with Crippen LogP contribution in [0.2, 0.25) is 10.0 Å². The Balaban J connectivity index is 2.28. The molecule has 0 saturated heterocycles. The van der Waals surface area contributed by atoms with E-state index in [1.165, 1.54) is 24.3 Å². The normalized spacial score (nSPS) is 11.3. The maximum atomic E-state index is 12.2. The lowest BCUT2D eigenvalue weighted by atomic mass is 9.89. The van der Waals surface area contributed by atoms with Crippen LogP contribution < -0.4 is 5.43 Å². The van der Waals surface area contributed by atoms with E-state index in [2.05, 4.69) is 0 Å². The van der Waals surface area contributed by atoms with E-state index in [4.69, 9.17) is 27.6 Å². The van der Waals surface area contributed by atoms with E-state index in [9.17, 15) is 19.8 Å². The van der Waals surface area contributed by atoms with Crippen LogP contribution >= 0.6 is 23.2 Å².